The minimum atomic E-state index is 0.683. The molecule has 0 aliphatic rings. The first kappa shape index (κ1) is 14.7. The molecule has 96 valence electrons. The first-order chi connectivity index (χ1) is 8.11. The van der Waals surface area contributed by atoms with Crippen LogP contribution in [0.4, 0.5) is 0 Å². The highest BCUT2D eigenvalue weighted by Gasteiger charge is 2.16. The lowest BCUT2D eigenvalue weighted by Crippen LogP contribution is -2.12. The van der Waals surface area contributed by atoms with Crippen LogP contribution in [0.5, 0.6) is 0 Å². The Morgan fingerprint density at radius 2 is 1.59 bits per heavy atom. The molecule has 1 heteroatoms. The van der Waals surface area contributed by atoms with Gasteiger partial charge in [-0.25, -0.2) is 0 Å². The van der Waals surface area contributed by atoms with Crippen molar-refractivity contribution in [1.82, 2.24) is 0 Å². The highest BCUT2D eigenvalue weighted by molar-refractivity contribution is 7.27. The first-order valence-electron chi connectivity index (χ1n) is 7.00. The lowest BCUT2D eigenvalue weighted by Gasteiger charge is -2.22. The summed E-state index contributed by atoms with van der Waals surface area (Å²) in [7, 11) is 2.92. The Bertz CT molecular complexity index is 343. The predicted molar refractivity (Wildman–Crippen MR) is 82.4 cm³/mol. The summed E-state index contributed by atoms with van der Waals surface area (Å²) in [4.78, 5) is 0. The molecule has 0 aliphatic carbocycles. The number of hydrogen-bond acceptors (Lipinski definition) is 0. The second-order valence-electron chi connectivity index (χ2n) is 5.23. The number of benzene rings is 1. The van der Waals surface area contributed by atoms with Gasteiger partial charge in [-0.3, -0.25) is 0 Å². The molecule has 1 aromatic carbocycles. The molecule has 0 spiro atoms. The van der Waals surface area contributed by atoms with Crippen LogP contribution in [0, 0.1) is 0 Å². The fourth-order valence-corrected chi connectivity index (χ4v) is 3.33. The zero-order valence-electron chi connectivity index (χ0n) is 11.8. The highest BCUT2D eigenvalue weighted by Crippen LogP contribution is 2.31. The highest BCUT2D eigenvalue weighted by atomic mass is 31.0. The Balaban J connectivity index is 3.07. The van der Waals surface area contributed by atoms with Gasteiger partial charge in [0.05, 0.1) is 0 Å². The molecular formula is C16H27P. The molecule has 3 unspecified atom stereocenters. The molecule has 1 rings (SSSR count). The van der Waals surface area contributed by atoms with E-state index in [1.165, 1.54) is 31.0 Å². The number of rotatable bonds is 6. The van der Waals surface area contributed by atoms with Crippen molar-refractivity contribution in [2.24, 2.45) is 0 Å². The van der Waals surface area contributed by atoms with Crippen molar-refractivity contribution in [2.75, 3.05) is 0 Å². The molecule has 17 heavy (non-hydrogen) atoms. The summed E-state index contributed by atoms with van der Waals surface area (Å²) in [5, 5.41) is 1.39. The Morgan fingerprint density at radius 1 is 1.00 bits per heavy atom. The van der Waals surface area contributed by atoms with Gasteiger partial charge < -0.3 is 0 Å². The Labute approximate surface area is 109 Å². The molecule has 0 aromatic heterocycles. The molecule has 1 aromatic rings. The predicted octanol–water partition coefficient (Wildman–Crippen LogP) is 4.99. The minimum absolute atomic E-state index is 0.683. The van der Waals surface area contributed by atoms with Crippen molar-refractivity contribution in [3.8, 4) is 0 Å². The molecule has 0 nitrogen and oxygen atoms in total. The lowest BCUT2D eigenvalue weighted by molar-refractivity contribution is 0.623. The molecule has 0 bridgehead atoms. The summed E-state index contributed by atoms with van der Waals surface area (Å²) >= 11 is 0. The van der Waals surface area contributed by atoms with Crippen LogP contribution in [0.2, 0.25) is 0 Å². The van der Waals surface area contributed by atoms with Gasteiger partial charge in [0.15, 0.2) is 0 Å². The van der Waals surface area contributed by atoms with Gasteiger partial charge in [0, 0.05) is 0 Å². The molecule has 0 heterocycles. The first-order valence-corrected chi connectivity index (χ1v) is 7.57. The largest absolute Gasteiger partial charge is 0.105 e. The smallest absolute Gasteiger partial charge is 0.0182 e. The maximum atomic E-state index is 2.92. The van der Waals surface area contributed by atoms with E-state index in [4.69, 9.17) is 0 Å². The summed E-state index contributed by atoms with van der Waals surface area (Å²) in [6.45, 7) is 9.28. The van der Waals surface area contributed by atoms with E-state index >= 15 is 0 Å². The maximum absolute atomic E-state index is 2.92. The van der Waals surface area contributed by atoms with Crippen LogP contribution >= 0.6 is 9.24 Å². The van der Waals surface area contributed by atoms with Crippen molar-refractivity contribution in [1.29, 1.82) is 0 Å². The van der Waals surface area contributed by atoms with Gasteiger partial charge in [-0.1, -0.05) is 58.7 Å². The molecule has 0 amide bonds. The van der Waals surface area contributed by atoms with Crippen LogP contribution in [0.3, 0.4) is 0 Å². The van der Waals surface area contributed by atoms with Gasteiger partial charge in [-0.05, 0) is 41.1 Å². The van der Waals surface area contributed by atoms with E-state index in [9.17, 15) is 0 Å². The molecule has 0 aliphatic heterocycles. The number of hydrogen-bond donors (Lipinski definition) is 0. The van der Waals surface area contributed by atoms with Crippen molar-refractivity contribution >= 4 is 14.5 Å². The zero-order valence-corrected chi connectivity index (χ0v) is 12.9. The third kappa shape index (κ3) is 3.81. The van der Waals surface area contributed by atoms with Crippen molar-refractivity contribution in [3.63, 3.8) is 0 Å². The van der Waals surface area contributed by atoms with Gasteiger partial charge >= 0.3 is 0 Å². The second-order valence-corrected chi connectivity index (χ2v) is 5.85. The van der Waals surface area contributed by atoms with Gasteiger partial charge in [0.1, 0.15) is 0 Å². The fraction of sp³-hybridized carbons (Fsp3) is 0.625. The van der Waals surface area contributed by atoms with E-state index in [0.717, 1.165) is 0 Å². The van der Waals surface area contributed by atoms with Crippen molar-refractivity contribution in [3.05, 3.63) is 29.3 Å². The van der Waals surface area contributed by atoms with E-state index in [2.05, 4.69) is 55.1 Å². The van der Waals surface area contributed by atoms with E-state index in [0.29, 0.717) is 11.8 Å². The summed E-state index contributed by atoms with van der Waals surface area (Å²) in [6.07, 6.45) is 5.11. The summed E-state index contributed by atoms with van der Waals surface area (Å²) < 4.78 is 0. The molecule has 0 N–H and O–H groups in total. The second kappa shape index (κ2) is 7.17. The topological polar surface area (TPSA) is 0 Å². The molecule has 0 saturated heterocycles. The Morgan fingerprint density at radius 3 is 2.18 bits per heavy atom. The normalized spacial score (nSPS) is 14.6. The summed E-state index contributed by atoms with van der Waals surface area (Å²) in [5.41, 5.74) is 3.15. The quantitative estimate of drug-likeness (QED) is 0.624. The Hall–Kier alpha value is -0.350. The zero-order chi connectivity index (χ0) is 12.8. The van der Waals surface area contributed by atoms with E-state index in [1.807, 2.05) is 0 Å². The summed E-state index contributed by atoms with van der Waals surface area (Å²) in [6, 6.07) is 6.76. The van der Waals surface area contributed by atoms with E-state index in [-0.39, 0.29) is 0 Å². The third-order valence-electron chi connectivity index (χ3n) is 3.64. The van der Waals surface area contributed by atoms with Crippen LogP contribution in [-0.2, 0) is 0 Å². The molecular weight excluding hydrogens is 223 g/mol. The van der Waals surface area contributed by atoms with Gasteiger partial charge in [0.2, 0.25) is 0 Å². The van der Waals surface area contributed by atoms with Crippen molar-refractivity contribution in [2.45, 2.75) is 65.2 Å². The van der Waals surface area contributed by atoms with Crippen LogP contribution in [0.25, 0.3) is 0 Å². The molecule has 0 radical (unpaired) electrons. The fourth-order valence-electron chi connectivity index (χ4n) is 2.77. The van der Waals surface area contributed by atoms with Gasteiger partial charge in [0.25, 0.3) is 0 Å². The van der Waals surface area contributed by atoms with Crippen LogP contribution in [0.1, 0.15) is 76.3 Å². The monoisotopic (exact) mass is 250 g/mol. The average Bonchev–Trinajstić information content (AvgIpc) is 2.29. The van der Waals surface area contributed by atoms with Crippen LogP contribution in [-0.4, -0.2) is 0 Å². The standard InChI is InChI=1S/C16H27P/c1-5-8-12(3)14-10-7-11-15(17)16(14)13(4)9-6-2/h7,10-13H,5-6,8-9,17H2,1-4H3. The Kier molecular flexibility index (Phi) is 6.20. The average molecular weight is 250 g/mol. The molecule has 0 saturated carbocycles. The van der Waals surface area contributed by atoms with Gasteiger partial charge in [-0.2, -0.15) is 0 Å². The maximum Gasteiger partial charge on any atom is -0.0182 e. The minimum Gasteiger partial charge on any atom is -0.105 e. The molecule has 3 atom stereocenters. The van der Waals surface area contributed by atoms with E-state index < -0.39 is 0 Å². The van der Waals surface area contributed by atoms with Crippen LogP contribution in [0.15, 0.2) is 18.2 Å². The van der Waals surface area contributed by atoms with Crippen LogP contribution < -0.4 is 5.30 Å². The molecule has 0 fully saturated rings. The van der Waals surface area contributed by atoms with Crippen molar-refractivity contribution < 1.29 is 0 Å². The van der Waals surface area contributed by atoms with Gasteiger partial charge in [-0.15, -0.1) is 9.24 Å². The summed E-state index contributed by atoms with van der Waals surface area (Å²) in [5.74, 6) is 1.37. The lowest BCUT2D eigenvalue weighted by atomic mass is 9.85. The SMILES string of the molecule is CCCC(C)c1cccc(P)c1C(C)CCC. The third-order valence-corrected chi connectivity index (χ3v) is 4.14. The van der Waals surface area contributed by atoms with E-state index in [1.54, 1.807) is 11.1 Å².